The Morgan fingerprint density at radius 3 is 2.02 bits per heavy atom. The van der Waals surface area contributed by atoms with Gasteiger partial charge in [-0.15, -0.1) is 0 Å². The van der Waals surface area contributed by atoms with E-state index in [1.54, 1.807) is 0 Å². The third kappa shape index (κ3) is 7.12. The Morgan fingerprint density at radius 1 is 0.925 bits per heavy atom. The smallest absolute Gasteiger partial charge is 0.306 e. The molecule has 0 aromatic heterocycles. The number of benzene rings is 3. The number of carbonyl (C=O) groups excluding carboxylic acids is 1. The average molecular weight is 559 g/mol. The first-order chi connectivity index (χ1) is 19.1. The second kappa shape index (κ2) is 13.3. The summed E-state index contributed by atoms with van der Waals surface area (Å²) in [5.41, 5.74) is 0.527. The van der Waals surface area contributed by atoms with Crippen LogP contribution in [0.3, 0.4) is 0 Å². The minimum atomic E-state index is -2.55. The number of ether oxygens (including phenoxy) is 2. The van der Waals surface area contributed by atoms with Gasteiger partial charge in [-0.05, 0) is 59.5 Å². The van der Waals surface area contributed by atoms with Crippen molar-refractivity contribution in [3.63, 3.8) is 0 Å². The molecule has 3 aromatic rings. The average Bonchev–Trinajstić information content (AvgIpc) is 2.94. The Bertz CT molecular complexity index is 1150. The third-order valence-electron chi connectivity index (χ3n) is 8.30. The number of hydrogen-bond donors (Lipinski definition) is 0. The molecule has 1 aliphatic rings. The van der Waals surface area contributed by atoms with Gasteiger partial charge in [-0.25, -0.2) is 0 Å². The molecular weight excluding hydrogens is 512 g/mol. The molecule has 40 heavy (non-hydrogen) atoms. The van der Waals surface area contributed by atoms with E-state index in [-0.39, 0.29) is 17.1 Å². The van der Waals surface area contributed by atoms with Crippen LogP contribution in [0.15, 0.2) is 91.0 Å². The zero-order chi connectivity index (χ0) is 28.6. The standard InChI is InChI=1S/C35H46O4Si/c1-28(16-15-25-35(5)32(23-24-33(36)39-35)37-27-29-17-9-6-10-18-29)26-38-40(34(2,3)4,30-19-11-7-12-20-30)31-21-13-8-14-22-31/h6-14,17-22,28,32H,15-16,23-27H2,1-5H3/t28?,32-,35+/m1/s1. The van der Waals surface area contributed by atoms with Crippen molar-refractivity contribution in [2.75, 3.05) is 6.61 Å². The SMILES string of the molecule is CC(CCC[C@]1(C)OC(=O)CC[C@H]1OCc1ccccc1)CO[Si](c1ccccc1)(c1ccccc1)C(C)(C)C. The van der Waals surface area contributed by atoms with Crippen LogP contribution in [0.25, 0.3) is 0 Å². The topological polar surface area (TPSA) is 44.8 Å². The number of hydrogen-bond acceptors (Lipinski definition) is 4. The number of esters is 1. The lowest BCUT2D eigenvalue weighted by atomic mass is 9.86. The van der Waals surface area contributed by atoms with E-state index < -0.39 is 13.9 Å². The summed E-state index contributed by atoms with van der Waals surface area (Å²) in [6, 6.07) is 31.8. The van der Waals surface area contributed by atoms with Gasteiger partial charge in [0.2, 0.25) is 0 Å². The molecule has 0 amide bonds. The van der Waals surface area contributed by atoms with Gasteiger partial charge in [0, 0.05) is 13.0 Å². The van der Waals surface area contributed by atoms with Crippen molar-refractivity contribution < 1.29 is 18.7 Å². The molecule has 1 fully saturated rings. The molecule has 1 saturated heterocycles. The summed E-state index contributed by atoms with van der Waals surface area (Å²) < 4.78 is 19.4. The van der Waals surface area contributed by atoms with Crippen LogP contribution in [-0.2, 0) is 25.3 Å². The zero-order valence-electron chi connectivity index (χ0n) is 24.9. The van der Waals surface area contributed by atoms with E-state index in [1.807, 2.05) is 25.1 Å². The number of cyclic esters (lactones) is 1. The first kappa shape index (κ1) is 30.2. The maximum atomic E-state index is 12.3. The maximum absolute atomic E-state index is 12.3. The molecule has 0 N–H and O–H groups in total. The summed E-state index contributed by atoms with van der Waals surface area (Å²) in [4.78, 5) is 12.3. The summed E-state index contributed by atoms with van der Waals surface area (Å²) in [6.45, 7) is 12.5. The van der Waals surface area contributed by atoms with E-state index in [0.717, 1.165) is 24.8 Å². The van der Waals surface area contributed by atoms with Gasteiger partial charge in [0.25, 0.3) is 8.32 Å². The molecular formula is C35H46O4Si. The highest BCUT2D eigenvalue weighted by Crippen LogP contribution is 2.38. The molecule has 4 rings (SSSR count). The largest absolute Gasteiger partial charge is 0.457 e. The Kier molecular flexibility index (Phi) is 10.0. The van der Waals surface area contributed by atoms with Crippen molar-refractivity contribution in [3.05, 3.63) is 96.6 Å². The third-order valence-corrected chi connectivity index (χ3v) is 13.3. The van der Waals surface area contributed by atoms with E-state index in [4.69, 9.17) is 13.9 Å². The van der Waals surface area contributed by atoms with Crippen LogP contribution in [0.2, 0.25) is 5.04 Å². The molecule has 0 radical (unpaired) electrons. The van der Waals surface area contributed by atoms with Crippen molar-refractivity contribution in [2.24, 2.45) is 5.92 Å². The van der Waals surface area contributed by atoms with E-state index in [0.29, 0.717) is 32.0 Å². The molecule has 3 atom stereocenters. The number of carbonyl (C=O) groups is 1. The van der Waals surface area contributed by atoms with Crippen molar-refractivity contribution in [2.45, 2.75) is 90.1 Å². The minimum Gasteiger partial charge on any atom is -0.457 e. The van der Waals surface area contributed by atoms with Gasteiger partial charge in [0.1, 0.15) is 5.60 Å². The lowest BCUT2D eigenvalue weighted by Gasteiger charge is -2.43. The molecule has 1 aliphatic heterocycles. The van der Waals surface area contributed by atoms with Gasteiger partial charge in [-0.1, -0.05) is 119 Å². The summed E-state index contributed by atoms with van der Waals surface area (Å²) in [7, 11) is -2.55. The highest BCUT2D eigenvalue weighted by atomic mass is 28.4. The first-order valence-corrected chi connectivity index (χ1v) is 16.7. The van der Waals surface area contributed by atoms with E-state index >= 15 is 0 Å². The molecule has 0 aliphatic carbocycles. The summed E-state index contributed by atoms with van der Waals surface area (Å²) >= 11 is 0. The Morgan fingerprint density at radius 2 is 1.48 bits per heavy atom. The fourth-order valence-electron chi connectivity index (χ4n) is 6.09. The lowest BCUT2D eigenvalue weighted by Crippen LogP contribution is -2.66. The monoisotopic (exact) mass is 558 g/mol. The highest BCUT2D eigenvalue weighted by molar-refractivity contribution is 6.99. The van der Waals surface area contributed by atoms with Crippen LogP contribution in [-0.4, -0.2) is 32.6 Å². The Hall–Kier alpha value is -2.73. The highest BCUT2D eigenvalue weighted by Gasteiger charge is 2.50. The predicted molar refractivity (Wildman–Crippen MR) is 165 cm³/mol. The van der Waals surface area contributed by atoms with Gasteiger partial charge in [-0.3, -0.25) is 4.79 Å². The van der Waals surface area contributed by atoms with Crippen molar-refractivity contribution in [3.8, 4) is 0 Å². The van der Waals surface area contributed by atoms with Crippen molar-refractivity contribution in [1.82, 2.24) is 0 Å². The molecule has 3 aromatic carbocycles. The molecule has 214 valence electrons. The first-order valence-electron chi connectivity index (χ1n) is 14.8. The van der Waals surface area contributed by atoms with Gasteiger partial charge >= 0.3 is 5.97 Å². The van der Waals surface area contributed by atoms with Gasteiger partial charge < -0.3 is 13.9 Å². The number of rotatable bonds is 12. The molecule has 0 bridgehead atoms. The molecule has 1 unspecified atom stereocenters. The van der Waals surface area contributed by atoms with E-state index in [1.165, 1.54) is 10.4 Å². The zero-order valence-corrected chi connectivity index (χ0v) is 25.9. The summed E-state index contributed by atoms with van der Waals surface area (Å²) in [5, 5.41) is 2.57. The quantitative estimate of drug-likeness (QED) is 0.176. The molecule has 1 heterocycles. The maximum Gasteiger partial charge on any atom is 0.306 e. The second-order valence-electron chi connectivity index (χ2n) is 12.6. The molecule has 4 nitrogen and oxygen atoms in total. The Balaban J connectivity index is 1.41. The second-order valence-corrected chi connectivity index (χ2v) is 16.9. The van der Waals surface area contributed by atoms with Crippen LogP contribution in [0.5, 0.6) is 0 Å². The summed E-state index contributed by atoms with van der Waals surface area (Å²) in [6.07, 6.45) is 3.74. The van der Waals surface area contributed by atoms with Gasteiger partial charge in [0.15, 0.2) is 0 Å². The van der Waals surface area contributed by atoms with E-state index in [2.05, 4.69) is 100 Å². The van der Waals surface area contributed by atoms with Crippen molar-refractivity contribution in [1.29, 1.82) is 0 Å². The minimum absolute atomic E-state index is 0.0392. The molecule has 5 heteroatoms. The molecule has 0 spiro atoms. The van der Waals surface area contributed by atoms with Crippen LogP contribution in [0, 0.1) is 5.92 Å². The van der Waals surface area contributed by atoms with Crippen LogP contribution >= 0.6 is 0 Å². The molecule has 0 saturated carbocycles. The van der Waals surface area contributed by atoms with Crippen LogP contribution < -0.4 is 10.4 Å². The fourth-order valence-corrected chi connectivity index (χ4v) is 10.8. The van der Waals surface area contributed by atoms with E-state index in [9.17, 15) is 4.79 Å². The lowest BCUT2D eigenvalue weighted by molar-refractivity contribution is -0.194. The van der Waals surface area contributed by atoms with Crippen LogP contribution in [0.4, 0.5) is 0 Å². The van der Waals surface area contributed by atoms with Gasteiger partial charge in [0.05, 0.1) is 12.7 Å². The fraction of sp³-hybridized carbons (Fsp3) is 0.457. The summed E-state index contributed by atoms with van der Waals surface area (Å²) in [5.74, 6) is 0.248. The van der Waals surface area contributed by atoms with Crippen molar-refractivity contribution >= 4 is 24.7 Å². The Labute approximate surface area is 242 Å². The van der Waals surface area contributed by atoms with Crippen LogP contribution in [0.1, 0.15) is 72.3 Å². The normalized spacial score (nSPS) is 20.6. The predicted octanol–water partition coefficient (Wildman–Crippen LogP) is 7.05. The van der Waals surface area contributed by atoms with Gasteiger partial charge in [-0.2, -0.15) is 0 Å².